The Hall–Kier alpha value is -1.51. The lowest BCUT2D eigenvalue weighted by Gasteiger charge is -2.09. The van der Waals surface area contributed by atoms with Crippen molar-refractivity contribution < 1.29 is 4.79 Å². The van der Waals surface area contributed by atoms with Crippen LogP contribution in [0, 0.1) is 13.8 Å². The number of anilines is 3. The molecule has 1 amide bonds. The van der Waals surface area contributed by atoms with Crippen LogP contribution in [0.3, 0.4) is 0 Å². The fourth-order valence-electron chi connectivity index (χ4n) is 2.23. The van der Waals surface area contributed by atoms with Crippen LogP contribution in [-0.2, 0) is 4.79 Å². The molecule has 3 aromatic rings. The van der Waals surface area contributed by atoms with Crippen LogP contribution in [0.15, 0.2) is 34.7 Å². The summed E-state index contributed by atoms with van der Waals surface area (Å²) in [6.07, 6.45) is 0. The van der Waals surface area contributed by atoms with Gasteiger partial charge in [0.1, 0.15) is 0 Å². The average Bonchev–Trinajstić information content (AvgIpc) is 3.07. The van der Waals surface area contributed by atoms with Crippen molar-refractivity contribution >= 4 is 80.3 Å². The van der Waals surface area contributed by atoms with Gasteiger partial charge in [0.25, 0.3) is 0 Å². The summed E-state index contributed by atoms with van der Waals surface area (Å²) < 4.78 is 0.676. The molecule has 0 aliphatic heterocycles. The Bertz CT molecular complexity index is 1000. The summed E-state index contributed by atoms with van der Waals surface area (Å²) in [5, 5.41) is 15.8. The van der Waals surface area contributed by atoms with Crippen molar-refractivity contribution in [3.05, 3.63) is 56.5 Å². The van der Waals surface area contributed by atoms with E-state index < -0.39 is 0 Å². The van der Waals surface area contributed by atoms with Crippen LogP contribution in [0.25, 0.3) is 0 Å². The molecule has 0 radical (unpaired) electrons. The van der Waals surface area contributed by atoms with Crippen LogP contribution >= 0.6 is 57.9 Å². The van der Waals surface area contributed by atoms with E-state index in [1.165, 1.54) is 46.4 Å². The van der Waals surface area contributed by atoms with E-state index in [2.05, 4.69) is 40.7 Å². The van der Waals surface area contributed by atoms with E-state index in [0.29, 0.717) is 20.2 Å². The molecule has 2 N–H and O–H groups in total. The summed E-state index contributed by atoms with van der Waals surface area (Å²) >= 11 is 20.7. The number of amides is 1. The normalized spacial score (nSPS) is 10.8. The molecule has 3 rings (SSSR count). The number of nitrogens with one attached hydrogen (secondary N) is 2. The molecule has 0 saturated heterocycles. The monoisotopic (exact) mass is 472 g/mol. The number of aryl methyl sites for hydroxylation is 2. The van der Waals surface area contributed by atoms with Gasteiger partial charge in [0.2, 0.25) is 11.0 Å². The molecular formula is C18H15Cl3N4OS2. The first-order valence-electron chi connectivity index (χ1n) is 8.07. The van der Waals surface area contributed by atoms with Crippen molar-refractivity contribution in [2.45, 2.75) is 18.2 Å². The van der Waals surface area contributed by atoms with E-state index >= 15 is 0 Å². The fraction of sp³-hybridized carbons (Fsp3) is 0.167. The molecule has 28 heavy (non-hydrogen) atoms. The van der Waals surface area contributed by atoms with Crippen LogP contribution < -0.4 is 10.6 Å². The molecule has 5 nitrogen and oxygen atoms in total. The second-order valence-corrected chi connectivity index (χ2v) is 9.33. The molecular weight excluding hydrogens is 459 g/mol. The minimum Gasteiger partial charge on any atom is -0.330 e. The zero-order valence-electron chi connectivity index (χ0n) is 14.8. The van der Waals surface area contributed by atoms with Gasteiger partial charge in [-0.3, -0.25) is 4.79 Å². The number of halogens is 3. The van der Waals surface area contributed by atoms with Crippen LogP contribution in [0.5, 0.6) is 0 Å². The maximum Gasteiger partial charge on any atom is 0.234 e. The lowest BCUT2D eigenvalue weighted by molar-refractivity contribution is -0.113. The predicted molar refractivity (Wildman–Crippen MR) is 120 cm³/mol. The zero-order valence-corrected chi connectivity index (χ0v) is 18.7. The third-order valence-electron chi connectivity index (χ3n) is 3.76. The number of aromatic nitrogens is 2. The van der Waals surface area contributed by atoms with Crippen LogP contribution in [-0.4, -0.2) is 21.9 Å². The Morgan fingerprint density at radius 3 is 2.46 bits per heavy atom. The summed E-state index contributed by atoms with van der Waals surface area (Å²) in [6, 6.07) is 9.13. The van der Waals surface area contributed by atoms with Crippen LogP contribution in [0.4, 0.5) is 16.5 Å². The number of thioether (sulfide) groups is 1. The molecule has 10 heteroatoms. The van der Waals surface area contributed by atoms with Gasteiger partial charge in [0.15, 0.2) is 4.34 Å². The van der Waals surface area contributed by atoms with Crippen LogP contribution in [0.2, 0.25) is 15.1 Å². The zero-order chi connectivity index (χ0) is 20.3. The topological polar surface area (TPSA) is 66.9 Å². The predicted octanol–water partition coefficient (Wildman–Crippen LogP) is 6.59. The number of rotatable bonds is 6. The lowest BCUT2D eigenvalue weighted by atomic mass is 10.1. The summed E-state index contributed by atoms with van der Waals surface area (Å²) in [6.45, 7) is 4.12. The largest absolute Gasteiger partial charge is 0.330 e. The molecule has 0 aliphatic carbocycles. The lowest BCUT2D eigenvalue weighted by Crippen LogP contribution is -2.14. The minimum atomic E-state index is -0.255. The molecule has 0 spiro atoms. The van der Waals surface area contributed by atoms with Gasteiger partial charge in [-0.05, 0) is 49.2 Å². The second-order valence-electron chi connectivity index (χ2n) is 5.88. The first-order chi connectivity index (χ1) is 13.3. The first-order valence-corrected chi connectivity index (χ1v) is 11.0. The first kappa shape index (κ1) is 21.2. The summed E-state index contributed by atoms with van der Waals surface area (Å²) in [4.78, 5) is 12.2. The van der Waals surface area contributed by atoms with Gasteiger partial charge < -0.3 is 10.6 Å². The highest BCUT2D eigenvalue weighted by atomic mass is 35.5. The molecule has 0 saturated carbocycles. The highest BCUT2D eigenvalue weighted by molar-refractivity contribution is 8.01. The molecule has 0 aliphatic rings. The van der Waals surface area contributed by atoms with Gasteiger partial charge in [-0.25, -0.2) is 0 Å². The van der Waals surface area contributed by atoms with Crippen molar-refractivity contribution in [2.75, 3.05) is 16.4 Å². The highest BCUT2D eigenvalue weighted by Crippen LogP contribution is 2.34. The molecule has 0 unspecified atom stereocenters. The van der Waals surface area contributed by atoms with E-state index in [0.717, 1.165) is 5.69 Å². The molecule has 0 bridgehead atoms. The standard InChI is InChI=1S/C18H15Cl3N4OS2/c1-9-3-4-12(5-10(9)2)22-17-24-25-18(28-17)27-8-15(26)23-16-13(20)6-11(19)7-14(16)21/h3-7H,8H2,1-2H3,(H,22,24)(H,23,26). The number of hydrogen-bond acceptors (Lipinski definition) is 6. The molecule has 0 fully saturated rings. The Labute approximate surface area is 185 Å². The van der Waals surface area contributed by atoms with Gasteiger partial charge in [0, 0.05) is 10.7 Å². The van der Waals surface area contributed by atoms with Gasteiger partial charge in [0.05, 0.1) is 21.5 Å². The van der Waals surface area contributed by atoms with Crippen LogP contribution in [0.1, 0.15) is 11.1 Å². The summed E-state index contributed by atoms with van der Waals surface area (Å²) in [7, 11) is 0. The number of carbonyl (C=O) groups excluding carboxylic acids is 1. The van der Waals surface area contributed by atoms with Crippen molar-refractivity contribution in [1.82, 2.24) is 10.2 Å². The third-order valence-corrected chi connectivity index (χ3v) is 6.55. The van der Waals surface area contributed by atoms with Crippen molar-refractivity contribution in [3.63, 3.8) is 0 Å². The third kappa shape index (κ3) is 5.52. The number of nitrogens with zero attached hydrogens (tertiary/aromatic N) is 2. The average molecular weight is 474 g/mol. The van der Waals surface area contributed by atoms with Gasteiger partial charge in [-0.2, -0.15) is 0 Å². The van der Waals surface area contributed by atoms with Gasteiger partial charge >= 0.3 is 0 Å². The van der Waals surface area contributed by atoms with Gasteiger partial charge in [-0.1, -0.05) is 64.0 Å². The number of carbonyl (C=O) groups is 1. The second kappa shape index (κ2) is 9.33. The van der Waals surface area contributed by atoms with Crippen molar-refractivity contribution in [1.29, 1.82) is 0 Å². The van der Waals surface area contributed by atoms with Gasteiger partial charge in [-0.15, -0.1) is 10.2 Å². The summed E-state index contributed by atoms with van der Waals surface area (Å²) in [5.74, 6) is -0.108. The maximum absolute atomic E-state index is 12.2. The smallest absolute Gasteiger partial charge is 0.234 e. The SMILES string of the molecule is Cc1ccc(Nc2nnc(SCC(=O)Nc3c(Cl)cc(Cl)cc3Cl)s2)cc1C. The maximum atomic E-state index is 12.2. The molecule has 1 heterocycles. The highest BCUT2D eigenvalue weighted by Gasteiger charge is 2.13. The van der Waals surface area contributed by atoms with E-state index in [-0.39, 0.29) is 21.7 Å². The minimum absolute atomic E-state index is 0.146. The Morgan fingerprint density at radius 1 is 1.07 bits per heavy atom. The number of benzene rings is 2. The molecule has 1 aromatic heterocycles. The summed E-state index contributed by atoms with van der Waals surface area (Å²) in [5.41, 5.74) is 3.71. The molecule has 2 aromatic carbocycles. The quantitative estimate of drug-likeness (QED) is 0.395. The Balaban J connectivity index is 1.57. The van der Waals surface area contributed by atoms with Crippen molar-refractivity contribution in [3.8, 4) is 0 Å². The van der Waals surface area contributed by atoms with Crippen molar-refractivity contribution in [2.24, 2.45) is 0 Å². The molecule has 0 atom stereocenters. The Morgan fingerprint density at radius 2 is 1.79 bits per heavy atom. The number of hydrogen-bond donors (Lipinski definition) is 2. The fourth-order valence-corrected chi connectivity index (χ4v) is 4.71. The van der Waals surface area contributed by atoms with E-state index in [4.69, 9.17) is 34.8 Å². The van der Waals surface area contributed by atoms with E-state index in [9.17, 15) is 4.79 Å². The Kier molecular flexibility index (Phi) is 7.06. The van der Waals surface area contributed by atoms with E-state index in [1.54, 1.807) is 0 Å². The van der Waals surface area contributed by atoms with E-state index in [1.807, 2.05) is 12.1 Å². The molecule has 146 valence electrons.